The molecule has 0 radical (unpaired) electrons. The number of hydrogen-bond donors (Lipinski definition) is 1. The van der Waals surface area contributed by atoms with Gasteiger partial charge in [0.25, 0.3) is 15.9 Å². The van der Waals surface area contributed by atoms with Crippen molar-refractivity contribution in [1.82, 2.24) is 9.62 Å². The molecule has 0 aromatic heterocycles. The summed E-state index contributed by atoms with van der Waals surface area (Å²) in [6, 6.07) is 14.3. The van der Waals surface area contributed by atoms with E-state index in [4.69, 9.17) is 4.74 Å². The largest absolute Gasteiger partial charge is 0.454 e. The van der Waals surface area contributed by atoms with Crippen LogP contribution in [0.2, 0.25) is 0 Å². The van der Waals surface area contributed by atoms with Gasteiger partial charge in [-0.25, -0.2) is 8.42 Å². The second-order valence-corrected chi connectivity index (χ2v) is 8.41. The summed E-state index contributed by atoms with van der Waals surface area (Å²) in [6.07, 6.45) is 0.767. The van der Waals surface area contributed by atoms with Crippen LogP contribution in [0.4, 0.5) is 0 Å². The van der Waals surface area contributed by atoms with E-state index in [0.29, 0.717) is 18.7 Å². The van der Waals surface area contributed by atoms with Gasteiger partial charge in [-0.2, -0.15) is 0 Å². The molecule has 0 atom stereocenters. The lowest BCUT2D eigenvalue weighted by Gasteiger charge is -2.28. The first-order chi connectivity index (χ1) is 13.9. The third-order valence-electron chi connectivity index (χ3n) is 4.87. The highest BCUT2D eigenvalue weighted by Gasteiger charge is 2.30. The maximum atomic E-state index is 12.3. The van der Waals surface area contributed by atoms with Gasteiger partial charge in [0.2, 0.25) is 0 Å². The van der Waals surface area contributed by atoms with Crippen molar-refractivity contribution in [1.29, 1.82) is 0 Å². The second-order valence-electron chi connectivity index (χ2n) is 6.76. The van der Waals surface area contributed by atoms with Crippen LogP contribution in [0.15, 0.2) is 58.4 Å². The fourth-order valence-electron chi connectivity index (χ4n) is 3.38. The third kappa shape index (κ3) is 4.00. The fraction of sp³-hybridized carbons (Fsp3) is 0.250. The Morgan fingerprint density at radius 1 is 1.07 bits per heavy atom. The Morgan fingerprint density at radius 3 is 2.62 bits per heavy atom. The summed E-state index contributed by atoms with van der Waals surface area (Å²) < 4.78 is 31.4. The Labute approximate surface area is 168 Å². The van der Waals surface area contributed by atoms with Crippen LogP contribution in [0.5, 0.6) is 0 Å². The first kappa shape index (κ1) is 19.1. The number of carbonyl (C=O) groups excluding carboxylic acids is 2. The van der Waals surface area contributed by atoms with Crippen molar-refractivity contribution in [3.8, 4) is 0 Å². The number of nitrogens with zero attached hydrogens (tertiary/aromatic N) is 2. The van der Waals surface area contributed by atoms with E-state index in [0.717, 1.165) is 12.0 Å². The average molecular weight is 413 g/mol. The molecule has 0 fully saturated rings. The van der Waals surface area contributed by atoms with Gasteiger partial charge in [-0.3, -0.25) is 19.3 Å². The molecule has 2 aromatic carbocycles. The third-order valence-corrected chi connectivity index (χ3v) is 6.27. The maximum Gasteiger partial charge on any atom is 0.328 e. The number of ether oxygens (including phenoxy) is 1. The van der Waals surface area contributed by atoms with Crippen molar-refractivity contribution in [3.05, 3.63) is 65.2 Å². The minimum atomic E-state index is -3.66. The molecule has 0 aliphatic carbocycles. The van der Waals surface area contributed by atoms with Crippen LogP contribution >= 0.6 is 0 Å². The van der Waals surface area contributed by atoms with Crippen LogP contribution in [0.3, 0.4) is 0 Å². The summed E-state index contributed by atoms with van der Waals surface area (Å²) >= 11 is 0. The number of rotatable bonds is 4. The van der Waals surface area contributed by atoms with Crippen LogP contribution in [0.1, 0.15) is 16.7 Å². The van der Waals surface area contributed by atoms with E-state index < -0.39 is 16.0 Å². The Bertz CT molecular complexity index is 1110. The molecular weight excluding hydrogens is 394 g/mol. The number of nitrogens with one attached hydrogen (secondary N) is 1. The molecule has 2 aromatic rings. The molecule has 8 nitrogen and oxygen atoms in total. The molecule has 1 N–H and O–H groups in total. The minimum Gasteiger partial charge on any atom is -0.454 e. The predicted octanol–water partition coefficient (Wildman–Crippen LogP) is 0.853. The molecule has 1 amide bonds. The fourth-order valence-corrected chi connectivity index (χ4v) is 4.63. The minimum absolute atomic E-state index is 0.0940. The van der Waals surface area contributed by atoms with Crippen molar-refractivity contribution in [2.45, 2.75) is 17.9 Å². The molecule has 29 heavy (non-hydrogen) atoms. The van der Waals surface area contributed by atoms with Crippen LogP contribution < -0.4 is 4.72 Å². The number of amidine groups is 1. The highest BCUT2D eigenvalue weighted by Crippen LogP contribution is 2.22. The summed E-state index contributed by atoms with van der Waals surface area (Å²) in [5.74, 6) is -0.879. The molecule has 4 rings (SSSR count). The first-order valence-electron chi connectivity index (χ1n) is 9.11. The van der Waals surface area contributed by atoms with Gasteiger partial charge in [-0.1, -0.05) is 36.4 Å². The summed E-state index contributed by atoms with van der Waals surface area (Å²) in [7, 11) is -3.66. The lowest BCUT2D eigenvalue weighted by Crippen LogP contribution is -2.38. The predicted molar refractivity (Wildman–Crippen MR) is 105 cm³/mol. The molecule has 2 heterocycles. The molecule has 0 spiro atoms. The quantitative estimate of drug-likeness (QED) is 0.749. The Balaban J connectivity index is 1.32. The van der Waals surface area contributed by atoms with Crippen LogP contribution in [-0.4, -0.2) is 50.7 Å². The molecule has 0 saturated carbocycles. The summed E-state index contributed by atoms with van der Waals surface area (Å²) in [5.41, 5.74) is 2.73. The highest BCUT2D eigenvalue weighted by molar-refractivity contribution is 7.90. The van der Waals surface area contributed by atoms with E-state index in [-0.39, 0.29) is 29.8 Å². The monoisotopic (exact) mass is 413 g/mol. The summed E-state index contributed by atoms with van der Waals surface area (Å²) in [6.45, 7) is 0.318. The van der Waals surface area contributed by atoms with Crippen molar-refractivity contribution >= 4 is 27.7 Å². The molecular formula is C20H19N3O5S. The van der Waals surface area contributed by atoms with Crippen LogP contribution in [0, 0.1) is 0 Å². The molecule has 0 unspecified atom stereocenters. The Hall–Kier alpha value is -3.20. The Kier molecular flexibility index (Phi) is 5.06. The van der Waals surface area contributed by atoms with Gasteiger partial charge in [0.15, 0.2) is 6.61 Å². The molecule has 0 saturated heterocycles. The second kappa shape index (κ2) is 7.67. The van der Waals surface area contributed by atoms with Crippen molar-refractivity contribution in [2.75, 3.05) is 19.7 Å². The topological polar surface area (TPSA) is 105 Å². The van der Waals surface area contributed by atoms with Crippen LogP contribution in [0.25, 0.3) is 0 Å². The number of hydrogen-bond acceptors (Lipinski definition) is 6. The van der Waals surface area contributed by atoms with Gasteiger partial charge < -0.3 is 9.64 Å². The van der Waals surface area contributed by atoms with Crippen molar-refractivity contribution < 1.29 is 22.7 Å². The van der Waals surface area contributed by atoms with Crippen molar-refractivity contribution in [3.63, 3.8) is 0 Å². The van der Waals surface area contributed by atoms with Gasteiger partial charge in [0, 0.05) is 18.7 Å². The van der Waals surface area contributed by atoms with Crippen molar-refractivity contribution in [2.24, 2.45) is 4.99 Å². The molecule has 2 aliphatic rings. The standard InChI is InChI=1S/C20H19N3O5S/c24-18(23-10-9-14-5-1-2-6-15(14)12-23)13-28-19(25)11-21-20-16-7-3-4-8-17(16)29(26,27)22-20/h1-8H,9-13H2,(H,21,22). The Morgan fingerprint density at radius 2 is 1.79 bits per heavy atom. The van der Waals surface area contributed by atoms with E-state index in [2.05, 4.69) is 9.71 Å². The number of carbonyl (C=O) groups is 2. The normalized spacial score (nSPS) is 17.9. The highest BCUT2D eigenvalue weighted by atomic mass is 32.2. The molecule has 150 valence electrons. The van der Waals surface area contributed by atoms with E-state index >= 15 is 0 Å². The SMILES string of the molecule is O=C(CN=C1NS(=O)(=O)c2ccccc21)OCC(=O)N1CCc2ccccc2C1. The van der Waals surface area contributed by atoms with Gasteiger partial charge in [-0.15, -0.1) is 0 Å². The lowest BCUT2D eigenvalue weighted by molar-refractivity contribution is -0.151. The molecule has 9 heteroatoms. The van der Waals surface area contributed by atoms with E-state index in [1.165, 1.54) is 11.6 Å². The van der Waals surface area contributed by atoms with Gasteiger partial charge in [-0.05, 0) is 29.7 Å². The number of benzene rings is 2. The van der Waals surface area contributed by atoms with E-state index in [9.17, 15) is 18.0 Å². The van der Waals surface area contributed by atoms with Gasteiger partial charge >= 0.3 is 5.97 Å². The van der Waals surface area contributed by atoms with Gasteiger partial charge in [0.1, 0.15) is 12.4 Å². The lowest BCUT2D eigenvalue weighted by atomic mass is 10.00. The number of aliphatic imine (C=N–C) groups is 1. The number of fused-ring (bicyclic) bond motifs is 2. The van der Waals surface area contributed by atoms with E-state index in [1.807, 2.05) is 24.3 Å². The smallest absolute Gasteiger partial charge is 0.328 e. The molecule has 2 aliphatic heterocycles. The number of sulfonamides is 1. The zero-order valence-corrected chi connectivity index (χ0v) is 16.3. The number of amides is 1. The summed E-state index contributed by atoms with van der Waals surface area (Å²) in [5, 5.41) is 0. The van der Waals surface area contributed by atoms with Crippen LogP contribution in [-0.2, 0) is 37.3 Å². The summed E-state index contributed by atoms with van der Waals surface area (Å²) in [4.78, 5) is 30.1. The van der Waals surface area contributed by atoms with Gasteiger partial charge in [0.05, 0.1) is 4.90 Å². The van der Waals surface area contributed by atoms with E-state index in [1.54, 1.807) is 23.1 Å². The zero-order valence-electron chi connectivity index (χ0n) is 15.5. The molecule has 0 bridgehead atoms. The first-order valence-corrected chi connectivity index (χ1v) is 10.6. The zero-order chi connectivity index (χ0) is 20.4. The number of esters is 1. The maximum absolute atomic E-state index is 12.3. The average Bonchev–Trinajstić information content (AvgIpc) is 3.00.